The van der Waals surface area contributed by atoms with Crippen LogP contribution in [0.3, 0.4) is 0 Å². The van der Waals surface area contributed by atoms with Crippen LogP contribution in [0.15, 0.2) is 42.0 Å². The van der Waals surface area contributed by atoms with Gasteiger partial charge in [-0.05, 0) is 68.7 Å². The molecule has 1 amide bonds. The number of hydrogen-bond donors (Lipinski definition) is 1. The fourth-order valence-electron chi connectivity index (χ4n) is 2.53. The Morgan fingerprint density at radius 2 is 1.78 bits per heavy atom. The normalized spacial score (nSPS) is 10.9. The van der Waals surface area contributed by atoms with Crippen LogP contribution in [0, 0.1) is 25.2 Å². The summed E-state index contributed by atoms with van der Waals surface area (Å²) in [5.41, 5.74) is 3.37. The zero-order valence-corrected chi connectivity index (χ0v) is 16.1. The Balaban J connectivity index is 2.29. The molecule has 2 rings (SSSR count). The van der Waals surface area contributed by atoms with Crippen molar-refractivity contribution in [3.8, 4) is 17.6 Å². The number of anilines is 1. The van der Waals surface area contributed by atoms with Gasteiger partial charge in [-0.2, -0.15) is 5.26 Å². The third kappa shape index (κ3) is 5.35. The van der Waals surface area contributed by atoms with Gasteiger partial charge in [-0.15, -0.1) is 0 Å². The Morgan fingerprint density at radius 1 is 1.07 bits per heavy atom. The van der Waals surface area contributed by atoms with Crippen LogP contribution in [-0.4, -0.2) is 19.1 Å². The number of nitriles is 1. The molecule has 27 heavy (non-hydrogen) atoms. The highest BCUT2D eigenvalue weighted by Crippen LogP contribution is 2.29. The fraction of sp³-hybridized carbons (Fsp3) is 0.273. The number of nitrogens with zero attached hydrogens (tertiary/aromatic N) is 1. The van der Waals surface area contributed by atoms with E-state index in [1.807, 2.05) is 52.0 Å². The van der Waals surface area contributed by atoms with Crippen molar-refractivity contribution >= 4 is 17.7 Å². The lowest BCUT2D eigenvalue weighted by Gasteiger charge is -2.12. The van der Waals surface area contributed by atoms with Gasteiger partial charge < -0.3 is 14.8 Å². The minimum Gasteiger partial charge on any atom is -0.490 e. The lowest BCUT2D eigenvalue weighted by molar-refractivity contribution is -0.112. The van der Waals surface area contributed by atoms with E-state index in [0.29, 0.717) is 36.0 Å². The van der Waals surface area contributed by atoms with Gasteiger partial charge in [-0.1, -0.05) is 18.2 Å². The summed E-state index contributed by atoms with van der Waals surface area (Å²) >= 11 is 0. The number of carbonyl (C=O) groups excluding carboxylic acids is 1. The van der Waals surface area contributed by atoms with Gasteiger partial charge >= 0.3 is 0 Å². The maximum atomic E-state index is 12.5. The highest BCUT2D eigenvalue weighted by Gasteiger charge is 2.12. The number of aryl methyl sites for hydroxylation is 2. The van der Waals surface area contributed by atoms with Gasteiger partial charge in [-0.3, -0.25) is 4.79 Å². The average Bonchev–Trinajstić information content (AvgIpc) is 2.65. The summed E-state index contributed by atoms with van der Waals surface area (Å²) in [6.45, 7) is 8.66. The van der Waals surface area contributed by atoms with Crippen molar-refractivity contribution in [2.45, 2.75) is 27.7 Å². The summed E-state index contributed by atoms with van der Waals surface area (Å²) in [4.78, 5) is 12.5. The molecule has 5 nitrogen and oxygen atoms in total. The first-order chi connectivity index (χ1) is 13.0. The zero-order chi connectivity index (χ0) is 19.8. The second-order valence-corrected chi connectivity index (χ2v) is 6.01. The molecule has 0 fully saturated rings. The molecule has 0 aliphatic heterocycles. The molecule has 0 heterocycles. The second kappa shape index (κ2) is 9.44. The first-order valence-electron chi connectivity index (χ1n) is 8.88. The van der Waals surface area contributed by atoms with Crippen molar-refractivity contribution in [2.75, 3.05) is 18.5 Å². The molecular weight excluding hydrogens is 340 g/mol. The van der Waals surface area contributed by atoms with E-state index < -0.39 is 5.91 Å². The zero-order valence-electron chi connectivity index (χ0n) is 16.1. The van der Waals surface area contributed by atoms with E-state index in [1.54, 1.807) is 24.3 Å². The lowest BCUT2D eigenvalue weighted by Crippen LogP contribution is -2.14. The fourth-order valence-corrected chi connectivity index (χ4v) is 2.53. The first-order valence-corrected chi connectivity index (χ1v) is 8.88. The van der Waals surface area contributed by atoms with Crippen molar-refractivity contribution < 1.29 is 14.3 Å². The monoisotopic (exact) mass is 364 g/mol. The van der Waals surface area contributed by atoms with Gasteiger partial charge in [0.25, 0.3) is 5.91 Å². The Morgan fingerprint density at radius 3 is 2.44 bits per heavy atom. The molecule has 0 unspecified atom stereocenters. The Labute approximate surface area is 160 Å². The highest BCUT2D eigenvalue weighted by atomic mass is 16.5. The van der Waals surface area contributed by atoms with Gasteiger partial charge in [-0.25, -0.2) is 0 Å². The van der Waals surface area contributed by atoms with E-state index in [0.717, 1.165) is 11.1 Å². The molecule has 0 spiro atoms. The standard InChI is InChI=1S/C22H24N2O3/c1-5-26-20-10-9-17(13-21(20)27-6-2)12-18(14-23)22(25)24-19-11-15(3)7-8-16(19)4/h7-13H,5-6H2,1-4H3,(H,24,25). The van der Waals surface area contributed by atoms with Gasteiger partial charge in [0, 0.05) is 5.69 Å². The van der Waals surface area contributed by atoms with Crippen LogP contribution in [0.4, 0.5) is 5.69 Å². The molecule has 0 saturated heterocycles. The number of carbonyl (C=O) groups is 1. The van der Waals surface area contributed by atoms with E-state index in [1.165, 1.54) is 0 Å². The summed E-state index contributed by atoms with van der Waals surface area (Å²) in [7, 11) is 0. The van der Waals surface area contributed by atoms with Gasteiger partial charge in [0.05, 0.1) is 13.2 Å². The number of amides is 1. The Hall–Kier alpha value is -3.26. The molecule has 1 N–H and O–H groups in total. The predicted octanol–water partition coefficient (Wildman–Crippen LogP) is 4.65. The number of nitrogens with one attached hydrogen (secondary N) is 1. The number of benzene rings is 2. The number of hydrogen-bond acceptors (Lipinski definition) is 4. The van der Waals surface area contributed by atoms with Crippen LogP contribution in [0.25, 0.3) is 6.08 Å². The summed E-state index contributed by atoms with van der Waals surface area (Å²) in [5, 5.41) is 12.2. The van der Waals surface area contributed by atoms with E-state index in [-0.39, 0.29) is 5.57 Å². The molecule has 5 heteroatoms. The molecule has 2 aromatic carbocycles. The predicted molar refractivity (Wildman–Crippen MR) is 107 cm³/mol. The molecule has 0 radical (unpaired) electrons. The molecule has 0 aliphatic rings. The lowest BCUT2D eigenvalue weighted by atomic mass is 10.1. The molecule has 2 aromatic rings. The van der Waals surface area contributed by atoms with Crippen molar-refractivity contribution in [3.05, 3.63) is 58.7 Å². The van der Waals surface area contributed by atoms with Crippen molar-refractivity contribution in [1.29, 1.82) is 5.26 Å². The maximum absolute atomic E-state index is 12.5. The van der Waals surface area contributed by atoms with Crippen molar-refractivity contribution in [3.63, 3.8) is 0 Å². The summed E-state index contributed by atoms with van der Waals surface area (Å²) in [5.74, 6) is 0.771. The van der Waals surface area contributed by atoms with Crippen LogP contribution >= 0.6 is 0 Å². The third-order valence-electron chi connectivity index (χ3n) is 3.88. The third-order valence-corrected chi connectivity index (χ3v) is 3.88. The molecule has 140 valence electrons. The van der Waals surface area contributed by atoms with Crippen LogP contribution in [0.2, 0.25) is 0 Å². The quantitative estimate of drug-likeness (QED) is 0.573. The molecule has 0 saturated carbocycles. The largest absolute Gasteiger partial charge is 0.490 e. The van der Waals surface area contributed by atoms with Crippen LogP contribution in [0.1, 0.15) is 30.5 Å². The van der Waals surface area contributed by atoms with Gasteiger partial charge in [0.1, 0.15) is 11.6 Å². The summed E-state index contributed by atoms with van der Waals surface area (Å²) < 4.78 is 11.1. The summed E-state index contributed by atoms with van der Waals surface area (Å²) in [6, 6.07) is 13.1. The molecule has 0 aromatic heterocycles. The SMILES string of the molecule is CCOc1ccc(C=C(C#N)C(=O)Nc2cc(C)ccc2C)cc1OCC. The minimum absolute atomic E-state index is 0.0162. The first kappa shape index (κ1) is 20.1. The maximum Gasteiger partial charge on any atom is 0.266 e. The Bertz CT molecular complexity index is 895. The van der Waals surface area contributed by atoms with Crippen LogP contribution < -0.4 is 14.8 Å². The van der Waals surface area contributed by atoms with E-state index in [2.05, 4.69) is 5.32 Å². The van der Waals surface area contributed by atoms with Crippen LogP contribution in [0.5, 0.6) is 11.5 Å². The van der Waals surface area contributed by atoms with Gasteiger partial charge in [0.15, 0.2) is 11.5 Å². The molecule has 0 atom stereocenters. The smallest absolute Gasteiger partial charge is 0.266 e. The summed E-state index contributed by atoms with van der Waals surface area (Å²) in [6.07, 6.45) is 1.54. The van der Waals surface area contributed by atoms with E-state index in [9.17, 15) is 10.1 Å². The second-order valence-electron chi connectivity index (χ2n) is 6.01. The van der Waals surface area contributed by atoms with Crippen molar-refractivity contribution in [1.82, 2.24) is 0 Å². The van der Waals surface area contributed by atoms with Crippen LogP contribution in [-0.2, 0) is 4.79 Å². The highest BCUT2D eigenvalue weighted by molar-refractivity contribution is 6.10. The number of ether oxygens (including phenoxy) is 2. The molecule has 0 bridgehead atoms. The van der Waals surface area contributed by atoms with Crippen molar-refractivity contribution in [2.24, 2.45) is 0 Å². The minimum atomic E-state index is -0.446. The van der Waals surface area contributed by atoms with Gasteiger partial charge in [0.2, 0.25) is 0 Å². The Kier molecular flexibility index (Phi) is 7.01. The molecular formula is C22H24N2O3. The number of rotatable bonds is 7. The average molecular weight is 364 g/mol. The topological polar surface area (TPSA) is 71.3 Å². The molecule has 0 aliphatic carbocycles. The van der Waals surface area contributed by atoms with E-state index >= 15 is 0 Å². The van der Waals surface area contributed by atoms with E-state index in [4.69, 9.17) is 9.47 Å².